The third-order valence-electron chi connectivity index (χ3n) is 3.32. The second kappa shape index (κ2) is 4.03. The van der Waals surface area contributed by atoms with E-state index in [0.29, 0.717) is 5.69 Å². The van der Waals surface area contributed by atoms with E-state index in [4.69, 9.17) is 5.73 Å². The molecule has 0 atom stereocenters. The predicted molar refractivity (Wildman–Crippen MR) is 78.1 cm³/mol. The molecule has 20 heavy (non-hydrogen) atoms. The molecule has 0 radical (unpaired) electrons. The first kappa shape index (κ1) is 10.9. The summed E-state index contributed by atoms with van der Waals surface area (Å²) in [6, 6.07) is 13.6. The molecule has 96 valence electrons. The molecule has 2 N–H and O–H groups in total. The van der Waals surface area contributed by atoms with Gasteiger partial charge < -0.3 is 5.73 Å². The monoisotopic (exact) mass is 261 g/mol. The van der Waals surface area contributed by atoms with Crippen molar-refractivity contribution in [3.63, 3.8) is 0 Å². The summed E-state index contributed by atoms with van der Waals surface area (Å²) < 4.78 is 1.90. The molecule has 4 aromatic rings. The minimum atomic E-state index is 0.678. The number of anilines is 1. The van der Waals surface area contributed by atoms with Crippen molar-refractivity contribution in [2.75, 3.05) is 5.73 Å². The van der Waals surface area contributed by atoms with E-state index >= 15 is 0 Å². The number of benzene rings is 1. The number of pyridine rings is 2. The highest BCUT2D eigenvalue weighted by Gasteiger charge is 2.11. The van der Waals surface area contributed by atoms with Gasteiger partial charge in [0.1, 0.15) is 0 Å². The molecular formula is C15H11N5. The van der Waals surface area contributed by atoms with Crippen molar-refractivity contribution in [1.29, 1.82) is 0 Å². The van der Waals surface area contributed by atoms with Crippen LogP contribution in [0.4, 0.5) is 5.69 Å². The van der Waals surface area contributed by atoms with Crippen molar-refractivity contribution in [3.8, 4) is 11.4 Å². The largest absolute Gasteiger partial charge is 0.398 e. The Labute approximate surface area is 114 Å². The maximum absolute atomic E-state index is 5.85. The average molecular weight is 261 g/mol. The molecular weight excluding hydrogens is 250 g/mol. The SMILES string of the molecule is Nc1ccc2nnc(-c3ccnc4ccccc34)n2c1. The Morgan fingerprint density at radius 3 is 2.80 bits per heavy atom. The number of hydrogen-bond donors (Lipinski definition) is 1. The summed E-state index contributed by atoms with van der Waals surface area (Å²) in [6.07, 6.45) is 3.62. The van der Waals surface area contributed by atoms with E-state index in [9.17, 15) is 0 Å². The maximum Gasteiger partial charge on any atom is 0.169 e. The smallest absolute Gasteiger partial charge is 0.169 e. The van der Waals surface area contributed by atoms with Gasteiger partial charge in [0.15, 0.2) is 11.5 Å². The number of nitrogen functional groups attached to an aromatic ring is 1. The van der Waals surface area contributed by atoms with Gasteiger partial charge in [-0.1, -0.05) is 18.2 Å². The first-order chi connectivity index (χ1) is 9.83. The topological polar surface area (TPSA) is 69.1 Å². The van der Waals surface area contributed by atoms with Gasteiger partial charge in [-0.15, -0.1) is 10.2 Å². The lowest BCUT2D eigenvalue weighted by Gasteiger charge is -2.04. The van der Waals surface area contributed by atoms with Gasteiger partial charge in [0.2, 0.25) is 0 Å². The first-order valence-corrected chi connectivity index (χ1v) is 6.27. The van der Waals surface area contributed by atoms with Gasteiger partial charge >= 0.3 is 0 Å². The van der Waals surface area contributed by atoms with Gasteiger partial charge in [0, 0.05) is 29.0 Å². The number of aromatic nitrogens is 4. The molecule has 0 saturated carbocycles. The maximum atomic E-state index is 5.85. The van der Waals surface area contributed by atoms with Crippen LogP contribution in [0.15, 0.2) is 54.9 Å². The molecule has 0 saturated heterocycles. The summed E-state index contributed by atoms with van der Waals surface area (Å²) in [6.45, 7) is 0. The van der Waals surface area contributed by atoms with Crippen molar-refractivity contribution in [1.82, 2.24) is 19.6 Å². The highest BCUT2D eigenvalue weighted by Crippen LogP contribution is 2.26. The Bertz CT molecular complexity index is 921. The van der Waals surface area contributed by atoms with Crippen molar-refractivity contribution in [2.24, 2.45) is 0 Å². The van der Waals surface area contributed by atoms with Crippen LogP contribution < -0.4 is 5.73 Å². The number of fused-ring (bicyclic) bond motifs is 2. The van der Waals surface area contributed by atoms with Crippen molar-refractivity contribution >= 4 is 22.2 Å². The van der Waals surface area contributed by atoms with Gasteiger partial charge in [-0.2, -0.15) is 0 Å². The highest BCUT2D eigenvalue weighted by atomic mass is 15.2. The highest BCUT2D eigenvalue weighted by molar-refractivity contribution is 5.92. The molecule has 3 aromatic heterocycles. The quantitative estimate of drug-likeness (QED) is 0.571. The van der Waals surface area contributed by atoms with Gasteiger partial charge in [0.25, 0.3) is 0 Å². The summed E-state index contributed by atoms with van der Waals surface area (Å²) in [4.78, 5) is 4.37. The summed E-state index contributed by atoms with van der Waals surface area (Å²) in [5.74, 6) is 0.769. The lowest BCUT2D eigenvalue weighted by Crippen LogP contribution is -1.94. The molecule has 1 aromatic carbocycles. The Morgan fingerprint density at radius 1 is 0.950 bits per heavy atom. The van der Waals surface area contributed by atoms with E-state index < -0.39 is 0 Å². The van der Waals surface area contributed by atoms with Gasteiger partial charge in [0.05, 0.1) is 5.52 Å². The van der Waals surface area contributed by atoms with E-state index in [2.05, 4.69) is 15.2 Å². The van der Waals surface area contributed by atoms with Crippen LogP contribution in [0.5, 0.6) is 0 Å². The van der Waals surface area contributed by atoms with E-state index in [1.807, 2.05) is 53.1 Å². The van der Waals surface area contributed by atoms with Crippen molar-refractivity contribution in [3.05, 3.63) is 54.9 Å². The second-order valence-electron chi connectivity index (χ2n) is 4.59. The van der Waals surface area contributed by atoms with Gasteiger partial charge in [-0.25, -0.2) is 0 Å². The normalized spacial score (nSPS) is 11.2. The minimum absolute atomic E-state index is 0.678. The van der Waals surface area contributed by atoms with E-state index in [1.165, 1.54) is 0 Å². The van der Waals surface area contributed by atoms with Crippen molar-refractivity contribution in [2.45, 2.75) is 0 Å². The zero-order chi connectivity index (χ0) is 13.5. The second-order valence-corrected chi connectivity index (χ2v) is 4.59. The molecule has 0 aliphatic rings. The van der Waals surface area contributed by atoms with Gasteiger partial charge in [-0.3, -0.25) is 9.38 Å². The zero-order valence-electron chi connectivity index (χ0n) is 10.6. The molecule has 3 heterocycles. The number of hydrogen-bond acceptors (Lipinski definition) is 4. The molecule has 0 unspecified atom stereocenters. The first-order valence-electron chi connectivity index (χ1n) is 6.27. The summed E-state index contributed by atoms with van der Waals surface area (Å²) >= 11 is 0. The molecule has 5 nitrogen and oxygen atoms in total. The number of nitrogens with zero attached hydrogens (tertiary/aromatic N) is 4. The molecule has 0 bridgehead atoms. The van der Waals surface area contributed by atoms with E-state index in [-0.39, 0.29) is 0 Å². The van der Waals surface area contributed by atoms with Crippen LogP contribution >= 0.6 is 0 Å². The predicted octanol–water partition coefficient (Wildman–Crippen LogP) is 2.53. The van der Waals surface area contributed by atoms with Crippen LogP contribution in [0.25, 0.3) is 27.9 Å². The van der Waals surface area contributed by atoms with Crippen LogP contribution in [-0.2, 0) is 0 Å². The van der Waals surface area contributed by atoms with Crippen LogP contribution in [0.2, 0.25) is 0 Å². The van der Waals surface area contributed by atoms with E-state index in [0.717, 1.165) is 27.9 Å². The summed E-state index contributed by atoms with van der Waals surface area (Å²) in [7, 11) is 0. The number of rotatable bonds is 1. The standard InChI is InChI=1S/C15H11N5/c16-10-5-6-14-18-19-15(20(14)9-10)12-7-8-17-13-4-2-1-3-11(12)13/h1-9H,16H2. The summed E-state index contributed by atoms with van der Waals surface area (Å²) in [5, 5.41) is 9.51. The fourth-order valence-electron chi connectivity index (χ4n) is 2.38. The number of para-hydroxylation sites is 1. The van der Waals surface area contributed by atoms with Crippen LogP contribution in [0.3, 0.4) is 0 Å². The lowest BCUT2D eigenvalue weighted by atomic mass is 10.1. The molecule has 0 amide bonds. The Balaban J connectivity index is 2.09. The van der Waals surface area contributed by atoms with Crippen LogP contribution in [0, 0.1) is 0 Å². The third-order valence-corrected chi connectivity index (χ3v) is 3.32. The van der Waals surface area contributed by atoms with Crippen LogP contribution in [0.1, 0.15) is 0 Å². The fourth-order valence-corrected chi connectivity index (χ4v) is 2.38. The average Bonchev–Trinajstić information content (AvgIpc) is 2.89. The minimum Gasteiger partial charge on any atom is -0.398 e. The Hall–Kier alpha value is -2.95. The molecule has 5 heteroatoms. The lowest BCUT2D eigenvalue weighted by molar-refractivity contribution is 1.11. The molecule has 0 fully saturated rings. The molecule has 0 spiro atoms. The number of nitrogens with two attached hydrogens (primary N) is 1. The Kier molecular flexibility index (Phi) is 2.20. The molecule has 0 aliphatic heterocycles. The van der Waals surface area contributed by atoms with E-state index in [1.54, 1.807) is 6.20 Å². The summed E-state index contributed by atoms with van der Waals surface area (Å²) in [5.41, 5.74) is 9.23. The molecule has 0 aliphatic carbocycles. The Morgan fingerprint density at radius 2 is 1.85 bits per heavy atom. The third kappa shape index (κ3) is 1.53. The van der Waals surface area contributed by atoms with Gasteiger partial charge in [-0.05, 0) is 24.3 Å². The molecule has 4 rings (SSSR count). The zero-order valence-corrected chi connectivity index (χ0v) is 10.6. The fraction of sp³-hybridized carbons (Fsp3) is 0. The van der Waals surface area contributed by atoms with Crippen LogP contribution in [-0.4, -0.2) is 19.6 Å². The van der Waals surface area contributed by atoms with Crippen molar-refractivity contribution < 1.29 is 0 Å².